The van der Waals surface area contributed by atoms with E-state index in [4.69, 9.17) is 11.6 Å². The fraction of sp³-hybridized carbons (Fsp3) is 0.200. The molecule has 0 atom stereocenters. The van der Waals surface area contributed by atoms with E-state index in [1.807, 2.05) is 6.92 Å². The van der Waals surface area contributed by atoms with Gasteiger partial charge in [0.15, 0.2) is 0 Å². The molecular formula is C10H11ClO. The zero-order valence-electron chi connectivity index (χ0n) is 6.97. The number of aromatic hydroxyl groups is 1. The minimum absolute atomic E-state index is 0.289. The molecule has 0 heterocycles. The van der Waals surface area contributed by atoms with E-state index in [9.17, 15) is 5.11 Å². The second kappa shape index (κ2) is 3.63. The SMILES string of the molecule is C=CCc1cc(Cl)c(C)cc1O. The normalized spacial score (nSPS) is 9.83. The van der Waals surface area contributed by atoms with Gasteiger partial charge in [-0.25, -0.2) is 0 Å². The van der Waals surface area contributed by atoms with Crippen molar-refractivity contribution in [1.29, 1.82) is 0 Å². The predicted molar refractivity (Wildman–Crippen MR) is 51.8 cm³/mol. The summed E-state index contributed by atoms with van der Waals surface area (Å²) in [6.07, 6.45) is 2.38. The van der Waals surface area contributed by atoms with E-state index in [-0.39, 0.29) is 5.75 Å². The first-order valence-electron chi connectivity index (χ1n) is 3.74. The molecule has 1 nitrogen and oxygen atoms in total. The molecule has 1 N–H and O–H groups in total. The summed E-state index contributed by atoms with van der Waals surface area (Å²) in [6.45, 7) is 5.46. The largest absolute Gasteiger partial charge is 0.508 e. The number of hydrogen-bond donors (Lipinski definition) is 1. The zero-order chi connectivity index (χ0) is 9.14. The molecule has 1 aromatic rings. The molecule has 64 valence electrons. The molecule has 0 saturated heterocycles. The van der Waals surface area contributed by atoms with Crippen LogP contribution in [0.25, 0.3) is 0 Å². The highest BCUT2D eigenvalue weighted by Crippen LogP contribution is 2.25. The lowest BCUT2D eigenvalue weighted by Gasteiger charge is -2.04. The summed E-state index contributed by atoms with van der Waals surface area (Å²) in [4.78, 5) is 0. The highest BCUT2D eigenvalue weighted by Gasteiger charge is 2.02. The van der Waals surface area contributed by atoms with Gasteiger partial charge in [0.05, 0.1) is 0 Å². The van der Waals surface area contributed by atoms with E-state index >= 15 is 0 Å². The molecule has 0 bridgehead atoms. The van der Waals surface area contributed by atoms with Crippen molar-refractivity contribution in [3.63, 3.8) is 0 Å². The summed E-state index contributed by atoms with van der Waals surface area (Å²) >= 11 is 5.88. The Kier molecular flexibility index (Phi) is 2.77. The maximum absolute atomic E-state index is 9.44. The van der Waals surface area contributed by atoms with Gasteiger partial charge in [-0.2, -0.15) is 0 Å². The zero-order valence-corrected chi connectivity index (χ0v) is 7.73. The summed E-state index contributed by atoms with van der Waals surface area (Å²) in [5, 5.41) is 10.1. The average Bonchev–Trinajstić information content (AvgIpc) is 2.01. The van der Waals surface area contributed by atoms with Gasteiger partial charge in [-0.05, 0) is 36.6 Å². The molecule has 0 aliphatic rings. The van der Waals surface area contributed by atoms with Crippen LogP contribution in [0.1, 0.15) is 11.1 Å². The molecule has 0 aliphatic carbocycles. The molecule has 0 saturated carbocycles. The second-order valence-corrected chi connectivity index (χ2v) is 3.13. The molecule has 0 spiro atoms. The van der Waals surface area contributed by atoms with E-state index in [0.717, 1.165) is 11.1 Å². The summed E-state index contributed by atoms with van der Waals surface area (Å²) in [5.41, 5.74) is 1.71. The number of halogens is 1. The molecule has 0 aliphatic heterocycles. The van der Waals surface area contributed by atoms with Crippen LogP contribution in [0, 0.1) is 6.92 Å². The van der Waals surface area contributed by atoms with Crippen molar-refractivity contribution >= 4 is 11.6 Å². The smallest absolute Gasteiger partial charge is 0.119 e. The molecule has 0 aromatic heterocycles. The van der Waals surface area contributed by atoms with Crippen molar-refractivity contribution < 1.29 is 5.11 Å². The van der Waals surface area contributed by atoms with Crippen molar-refractivity contribution in [2.45, 2.75) is 13.3 Å². The summed E-state index contributed by atoms with van der Waals surface area (Å²) < 4.78 is 0. The lowest BCUT2D eigenvalue weighted by Crippen LogP contribution is -1.84. The van der Waals surface area contributed by atoms with E-state index in [1.54, 1.807) is 18.2 Å². The molecule has 12 heavy (non-hydrogen) atoms. The molecule has 1 aromatic carbocycles. The fourth-order valence-corrected chi connectivity index (χ4v) is 1.21. The van der Waals surface area contributed by atoms with Gasteiger partial charge in [-0.15, -0.1) is 6.58 Å². The Morgan fingerprint density at radius 2 is 2.25 bits per heavy atom. The number of phenols is 1. The first-order valence-corrected chi connectivity index (χ1v) is 4.12. The molecule has 0 radical (unpaired) electrons. The Balaban J connectivity index is 3.13. The number of phenolic OH excluding ortho intramolecular Hbond substituents is 1. The highest BCUT2D eigenvalue weighted by atomic mass is 35.5. The van der Waals surface area contributed by atoms with Crippen LogP contribution < -0.4 is 0 Å². The summed E-state index contributed by atoms with van der Waals surface area (Å²) in [7, 11) is 0. The molecule has 0 unspecified atom stereocenters. The van der Waals surface area contributed by atoms with Crippen LogP contribution in [0.4, 0.5) is 0 Å². The van der Waals surface area contributed by atoms with E-state index in [2.05, 4.69) is 6.58 Å². The Morgan fingerprint density at radius 3 is 2.83 bits per heavy atom. The maximum Gasteiger partial charge on any atom is 0.119 e. The van der Waals surface area contributed by atoms with Crippen LogP contribution in [-0.4, -0.2) is 5.11 Å². The van der Waals surface area contributed by atoms with Crippen molar-refractivity contribution in [3.05, 3.63) is 40.9 Å². The van der Waals surface area contributed by atoms with Crippen LogP contribution in [-0.2, 0) is 6.42 Å². The van der Waals surface area contributed by atoms with E-state index < -0.39 is 0 Å². The van der Waals surface area contributed by atoms with Gasteiger partial charge in [-0.1, -0.05) is 17.7 Å². The first-order chi connectivity index (χ1) is 5.65. The number of rotatable bonds is 2. The van der Waals surface area contributed by atoms with Crippen molar-refractivity contribution in [2.24, 2.45) is 0 Å². The molecular weight excluding hydrogens is 172 g/mol. The fourth-order valence-electron chi connectivity index (χ4n) is 1.03. The molecule has 0 fully saturated rings. The Hall–Kier alpha value is -0.950. The van der Waals surface area contributed by atoms with Gasteiger partial charge in [0, 0.05) is 5.02 Å². The van der Waals surface area contributed by atoms with E-state index in [1.165, 1.54) is 0 Å². The standard InChI is InChI=1S/C10H11ClO/c1-3-4-8-6-9(11)7(2)5-10(8)12/h3,5-6,12H,1,4H2,2H3. The Bertz CT molecular complexity index is 305. The maximum atomic E-state index is 9.44. The third-order valence-corrected chi connectivity index (χ3v) is 2.13. The first kappa shape index (κ1) is 9.14. The monoisotopic (exact) mass is 182 g/mol. The van der Waals surface area contributed by atoms with E-state index in [0.29, 0.717) is 11.4 Å². The predicted octanol–water partition coefficient (Wildman–Crippen LogP) is 3.08. The van der Waals surface area contributed by atoms with Crippen molar-refractivity contribution in [1.82, 2.24) is 0 Å². The quantitative estimate of drug-likeness (QED) is 0.697. The van der Waals surface area contributed by atoms with Gasteiger partial charge in [0.25, 0.3) is 0 Å². The Labute approximate surface area is 77.3 Å². The molecule has 2 heteroatoms. The average molecular weight is 183 g/mol. The Morgan fingerprint density at radius 1 is 1.58 bits per heavy atom. The number of allylic oxidation sites excluding steroid dienone is 1. The number of hydrogen-bond acceptors (Lipinski definition) is 1. The van der Waals surface area contributed by atoms with Gasteiger partial charge >= 0.3 is 0 Å². The lowest BCUT2D eigenvalue weighted by atomic mass is 10.1. The minimum Gasteiger partial charge on any atom is -0.508 e. The third-order valence-electron chi connectivity index (χ3n) is 1.72. The van der Waals surface area contributed by atoms with Crippen LogP contribution in [0.3, 0.4) is 0 Å². The van der Waals surface area contributed by atoms with Crippen molar-refractivity contribution in [3.8, 4) is 5.75 Å². The highest BCUT2D eigenvalue weighted by molar-refractivity contribution is 6.31. The van der Waals surface area contributed by atoms with Crippen LogP contribution in [0.5, 0.6) is 5.75 Å². The minimum atomic E-state index is 0.289. The number of benzene rings is 1. The van der Waals surface area contributed by atoms with Crippen LogP contribution in [0.15, 0.2) is 24.8 Å². The van der Waals surface area contributed by atoms with Crippen LogP contribution in [0.2, 0.25) is 5.02 Å². The topological polar surface area (TPSA) is 20.2 Å². The lowest BCUT2D eigenvalue weighted by molar-refractivity contribution is 0.469. The van der Waals surface area contributed by atoms with Gasteiger partial charge in [0.2, 0.25) is 0 Å². The summed E-state index contributed by atoms with van der Waals surface area (Å²) in [5.74, 6) is 0.289. The number of aryl methyl sites for hydroxylation is 1. The van der Waals surface area contributed by atoms with Gasteiger partial charge in [-0.3, -0.25) is 0 Å². The molecule has 1 rings (SSSR count). The van der Waals surface area contributed by atoms with Crippen molar-refractivity contribution in [2.75, 3.05) is 0 Å². The van der Waals surface area contributed by atoms with Crippen LogP contribution >= 0.6 is 11.6 Å². The van der Waals surface area contributed by atoms with Gasteiger partial charge < -0.3 is 5.11 Å². The third kappa shape index (κ3) is 1.80. The second-order valence-electron chi connectivity index (χ2n) is 2.72. The summed E-state index contributed by atoms with van der Waals surface area (Å²) in [6, 6.07) is 3.44. The van der Waals surface area contributed by atoms with Gasteiger partial charge in [0.1, 0.15) is 5.75 Å². The molecule has 0 amide bonds.